The maximum Gasteiger partial charge on any atom is 0.132 e. The fourth-order valence-electron chi connectivity index (χ4n) is 1.69. The van der Waals surface area contributed by atoms with E-state index in [0.717, 1.165) is 12.1 Å². The summed E-state index contributed by atoms with van der Waals surface area (Å²) in [5.74, 6) is -1.37. The number of methoxy groups -OCH3 is 1. The third-order valence-electron chi connectivity index (χ3n) is 2.78. The molecular formula is C13H19F2NO2. The zero-order valence-corrected chi connectivity index (χ0v) is 10.7. The summed E-state index contributed by atoms with van der Waals surface area (Å²) >= 11 is 0. The van der Waals surface area contributed by atoms with E-state index in [9.17, 15) is 13.9 Å². The van der Waals surface area contributed by atoms with Crippen LogP contribution in [0.4, 0.5) is 8.78 Å². The number of aliphatic hydroxyl groups is 1. The van der Waals surface area contributed by atoms with Crippen molar-refractivity contribution in [2.45, 2.75) is 18.9 Å². The second-order valence-electron chi connectivity index (χ2n) is 4.39. The van der Waals surface area contributed by atoms with Crippen molar-refractivity contribution in [1.29, 1.82) is 0 Å². The topological polar surface area (TPSA) is 41.5 Å². The van der Waals surface area contributed by atoms with E-state index in [-0.39, 0.29) is 5.56 Å². The lowest BCUT2D eigenvalue weighted by atomic mass is 9.92. The number of hydrogen-bond acceptors (Lipinski definition) is 3. The van der Waals surface area contributed by atoms with Crippen LogP contribution in [0.25, 0.3) is 0 Å². The van der Waals surface area contributed by atoms with Gasteiger partial charge in [-0.15, -0.1) is 0 Å². The summed E-state index contributed by atoms with van der Waals surface area (Å²) < 4.78 is 31.2. The molecule has 0 bridgehead atoms. The molecule has 0 saturated heterocycles. The minimum Gasteiger partial charge on any atom is -0.385 e. The number of halogens is 2. The first-order chi connectivity index (χ1) is 8.47. The molecule has 2 N–H and O–H groups in total. The fraction of sp³-hybridized carbons (Fsp3) is 0.538. The minimum absolute atomic E-state index is 0.109. The zero-order chi connectivity index (χ0) is 13.6. The van der Waals surface area contributed by atoms with Gasteiger partial charge in [-0.05, 0) is 26.0 Å². The predicted octanol–water partition coefficient (Wildman–Crippen LogP) is 1.80. The fourth-order valence-corrected chi connectivity index (χ4v) is 1.69. The van der Waals surface area contributed by atoms with Crippen molar-refractivity contribution in [3.8, 4) is 0 Å². The van der Waals surface area contributed by atoms with Gasteiger partial charge in [0, 0.05) is 25.3 Å². The van der Waals surface area contributed by atoms with E-state index in [2.05, 4.69) is 5.32 Å². The lowest BCUT2D eigenvalue weighted by molar-refractivity contribution is 0.0438. The van der Waals surface area contributed by atoms with Crippen molar-refractivity contribution in [1.82, 2.24) is 5.32 Å². The van der Waals surface area contributed by atoms with Gasteiger partial charge in [0.25, 0.3) is 0 Å². The van der Waals surface area contributed by atoms with Crippen LogP contribution in [0.1, 0.15) is 18.9 Å². The molecule has 1 rings (SSSR count). The van der Waals surface area contributed by atoms with Crippen molar-refractivity contribution in [3.05, 3.63) is 35.4 Å². The van der Waals surface area contributed by atoms with E-state index in [1.54, 1.807) is 7.11 Å². The summed E-state index contributed by atoms with van der Waals surface area (Å²) in [6.45, 7) is 3.28. The lowest BCUT2D eigenvalue weighted by Gasteiger charge is -2.24. The minimum atomic E-state index is -1.32. The lowest BCUT2D eigenvalue weighted by Crippen LogP contribution is -2.30. The Bertz CT molecular complexity index is 383. The molecule has 5 heteroatoms. The van der Waals surface area contributed by atoms with Gasteiger partial charge in [0.05, 0.1) is 12.2 Å². The third-order valence-corrected chi connectivity index (χ3v) is 2.78. The van der Waals surface area contributed by atoms with Gasteiger partial charge in [-0.1, -0.05) is 6.07 Å². The monoisotopic (exact) mass is 259 g/mol. The maximum absolute atomic E-state index is 13.5. The Balaban J connectivity index is 2.56. The van der Waals surface area contributed by atoms with Gasteiger partial charge in [-0.3, -0.25) is 0 Å². The van der Waals surface area contributed by atoms with Gasteiger partial charge >= 0.3 is 0 Å². The molecule has 18 heavy (non-hydrogen) atoms. The van der Waals surface area contributed by atoms with Crippen LogP contribution >= 0.6 is 0 Å². The predicted molar refractivity (Wildman–Crippen MR) is 65.3 cm³/mol. The standard InChI is InChI=1S/C13H19F2NO2/c1-13(17,5-6-16-7-8-18-2)11-4-3-10(14)9-12(11)15/h3-4,9,16-17H,5-8H2,1-2H3. The van der Waals surface area contributed by atoms with Crippen LogP contribution in [0, 0.1) is 11.6 Å². The largest absolute Gasteiger partial charge is 0.385 e. The average Bonchev–Trinajstić information content (AvgIpc) is 2.28. The Labute approximate surface area is 106 Å². The number of ether oxygens (including phenoxy) is 1. The summed E-state index contributed by atoms with van der Waals surface area (Å²) in [7, 11) is 1.60. The molecule has 1 unspecified atom stereocenters. The Kier molecular flexibility index (Phi) is 5.65. The highest BCUT2D eigenvalue weighted by Crippen LogP contribution is 2.26. The molecule has 1 atom stereocenters. The van der Waals surface area contributed by atoms with E-state index in [1.165, 1.54) is 13.0 Å². The Morgan fingerprint density at radius 2 is 2.06 bits per heavy atom. The second kappa shape index (κ2) is 6.78. The molecule has 1 aromatic rings. The van der Waals surface area contributed by atoms with Crippen molar-refractivity contribution in [3.63, 3.8) is 0 Å². The first-order valence-corrected chi connectivity index (χ1v) is 5.85. The van der Waals surface area contributed by atoms with Gasteiger partial charge in [-0.2, -0.15) is 0 Å². The average molecular weight is 259 g/mol. The Morgan fingerprint density at radius 1 is 1.33 bits per heavy atom. The van der Waals surface area contributed by atoms with E-state index >= 15 is 0 Å². The van der Waals surface area contributed by atoms with Crippen LogP contribution in [0.15, 0.2) is 18.2 Å². The van der Waals surface area contributed by atoms with Gasteiger partial charge in [-0.25, -0.2) is 8.78 Å². The summed E-state index contributed by atoms with van der Waals surface area (Å²) in [6.07, 6.45) is 0.333. The van der Waals surface area contributed by atoms with Crippen molar-refractivity contribution in [2.24, 2.45) is 0 Å². The molecular weight excluding hydrogens is 240 g/mol. The molecule has 0 aliphatic rings. The third kappa shape index (κ3) is 4.33. The molecule has 1 aromatic carbocycles. The van der Waals surface area contributed by atoms with Crippen LogP contribution in [0.2, 0.25) is 0 Å². The molecule has 0 saturated carbocycles. The first kappa shape index (κ1) is 15.0. The SMILES string of the molecule is COCCNCCC(C)(O)c1ccc(F)cc1F. The Hall–Kier alpha value is -1.04. The van der Waals surface area contributed by atoms with Crippen molar-refractivity contribution < 1.29 is 18.6 Å². The number of hydrogen-bond donors (Lipinski definition) is 2. The van der Waals surface area contributed by atoms with Crippen molar-refractivity contribution in [2.75, 3.05) is 26.8 Å². The summed E-state index contributed by atoms with van der Waals surface area (Å²) in [5, 5.41) is 13.2. The van der Waals surface area contributed by atoms with Crippen LogP contribution < -0.4 is 5.32 Å². The molecule has 0 spiro atoms. The quantitative estimate of drug-likeness (QED) is 0.734. The van der Waals surface area contributed by atoms with Crippen LogP contribution in [0.3, 0.4) is 0 Å². The molecule has 0 amide bonds. The molecule has 0 aliphatic heterocycles. The Morgan fingerprint density at radius 3 is 2.67 bits per heavy atom. The molecule has 0 heterocycles. The smallest absolute Gasteiger partial charge is 0.132 e. The maximum atomic E-state index is 13.5. The molecule has 0 fully saturated rings. The molecule has 0 radical (unpaired) electrons. The summed E-state index contributed by atoms with van der Waals surface area (Å²) in [4.78, 5) is 0. The van der Waals surface area contributed by atoms with E-state index in [4.69, 9.17) is 4.74 Å². The molecule has 0 aromatic heterocycles. The van der Waals surface area contributed by atoms with Crippen molar-refractivity contribution >= 4 is 0 Å². The molecule has 102 valence electrons. The molecule has 0 aliphatic carbocycles. The highest BCUT2D eigenvalue weighted by Gasteiger charge is 2.26. The van der Waals surface area contributed by atoms with Gasteiger partial charge in [0.1, 0.15) is 11.6 Å². The van der Waals surface area contributed by atoms with E-state index in [0.29, 0.717) is 26.1 Å². The zero-order valence-electron chi connectivity index (χ0n) is 10.7. The van der Waals surface area contributed by atoms with E-state index < -0.39 is 17.2 Å². The summed E-state index contributed by atoms with van der Waals surface area (Å²) in [5.41, 5.74) is -1.21. The highest BCUT2D eigenvalue weighted by molar-refractivity contribution is 5.24. The highest BCUT2D eigenvalue weighted by atomic mass is 19.1. The molecule has 3 nitrogen and oxygen atoms in total. The number of nitrogens with one attached hydrogen (secondary N) is 1. The van der Waals surface area contributed by atoms with Gasteiger partial charge < -0.3 is 15.2 Å². The first-order valence-electron chi connectivity index (χ1n) is 5.85. The van der Waals surface area contributed by atoms with Crippen LogP contribution in [0.5, 0.6) is 0 Å². The van der Waals surface area contributed by atoms with Gasteiger partial charge in [0.15, 0.2) is 0 Å². The van der Waals surface area contributed by atoms with E-state index in [1.807, 2.05) is 0 Å². The number of rotatable bonds is 7. The van der Waals surface area contributed by atoms with Gasteiger partial charge in [0.2, 0.25) is 0 Å². The number of benzene rings is 1. The van der Waals surface area contributed by atoms with Crippen LogP contribution in [-0.4, -0.2) is 31.9 Å². The summed E-state index contributed by atoms with van der Waals surface area (Å²) in [6, 6.07) is 3.20. The second-order valence-corrected chi connectivity index (χ2v) is 4.39. The normalized spacial score (nSPS) is 14.5. The van der Waals surface area contributed by atoms with Crippen LogP contribution in [-0.2, 0) is 10.3 Å².